The minimum Gasteiger partial charge on any atom is -0.390 e. The summed E-state index contributed by atoms with van der Waals surface area (Å²) in [5.74, 6) is -0.0717. The highest BCUT2D eigenvalue weighted by atomic mass is 19.1. The van der Waals surface area contributed by atoms with E-state index in [4.69, 9.17) is 1.37 Å². The summed E-state index contributed by atoms with van der Waals surface area (Å²) in [5.41, 5.74) is 1.46. The van der Waals surface area contributed by atoms with E-state index in [9.17, 15) is 9.50 Å². The standard InChI is InChI=1S/C13H16FN3O/c1-9(2)7-17-11(8-18)5-13(16-17)12-4-3-10(14)6-15-12/h3-6,9,18H,7-8H2,1-2H3/i8D. The number of hydrogen-bond acceptors (Lipinski definition) is 3. The molecular formula is C13H16FN3O. The molecule has 0 amide bonds. The van der Waals surface area contributed by atoms with E-state index in [-0.39, 0.29) is 0 Å². The Hall–Kier alpha value is -1.75. The Morgan fingerprint density at radius 3 is 2.78 bits per heavy atom. The van der Waals surface area contributed by atoms with Crippen LogP contribution in [0.15, 0.2) is 24.4 Å². The third kappa shape index (κ3) is 2.73. The van der Waals surface area contributed by atoms with Crippen molar-refractivity contribution in [1.82, 2.24) is 14.8 Å². The first kappa shape index (κ1) is 11.3. The highest BCUT2D eigenvalue weighted by molar-refractivity contribution is 5.53. The van der Waals surface area contributed by atoms with Crippen molar-refractivity contribution < 1.29 is 10.9 Å². The molecule has 0 radical (unpaired) electrons. The van der Waals surface area contributed by atoms with Crippen molar-refractivity contribution in [3.8, 4) is 11.4 Å². The first-order valence-corrected chi connectivity index (χ1v) is 5.77. The maximum atomic E-state index is 12.8. The second-order valence-corrected chi connectivity index (χ2v) is 4.52. The van der Waals surface area contributed by atoms with Crippen LogP contribution in [0.1, 0.15) is 20.9 Å². The smallest absolute Gasteiger partial charge is 0.141 e. The number of aromatic nitrogens is 3. The molecule has 0 saturated carbocycles. The van der Waals surface area contributed by atoms with E-state index in [2.05, 4.69) is 10.1 Å². The van der Waals surface area contributed by atoms with Gasteiger partial charge in [-0.2, -0.15) is 5.10 Å². The second kappa shape index (κ2) is 5.27. The summed E-state index contributed by atoms with van der Waals surface area (Å²) in [7, 11) is 0. The zero-order chi connectivity index (χ0) is 14.0. The summed E-state index contributed by atoms with van der Waals surface area (Å²) in [6.45, 7) is 3.31. The van der Waals surface area contributed by atoms with Crippen molar-refractivity contribution in [1.29, 1.82) is 0 Å². The van der Waals surface area contributed by atoms with Crippen molar-refractivity contribution in [2.75, 3.05) is 0 Å². The lowest BCUT2D eigenvalue weighted by Crippen LogP contribution is -2.09. The fraction of sp³-hybridized carbons (Fsp3) is 0.385. The predicted octanol–water partition coefficient (Wildman–Crippen LogP) is 2.23. The normalized spacial score (nSPS) is 13.7. The lowest BCUT2D eigenvalue weighted by atomic mass is 10.2. The van der Waals surface area contributed by atoms with Crippen LogP contribution >= 0.6 is 0 Å². The number of aliphatic hydroxyl groups is 1. The van der Waals surface area contributed by atoms with Crippen LogP contribution < -0.4 is 0 Å². The van der Waals surface area contributed by atoms with Gasteiger partial charge in [0.25, 0.3) is 0 Å². The van der Waals surface area contributed by atoms with Crippen molar-refractivity contribution in [2.24, 2.45) is 5.92 Å². The van der Waals surface area contributed by atoms with Gasteiger partial charge >= 0.3 is 0 Å². The molecule has 96 valence electrons. The van der Waals surface area contributed by atoms with Crippen LogP contribution in [0.4, 0.5) is 4.39 Å². The van der Waals surface area contributed by atoms with E-state index < -0.39 is 12.4 Å². The minimum absolute atomic E-state index is 0.339. The van der Waals surface area contributed by atoms with Crippen molar-refractivity contribution in [3.05, 3.63) is 35.9 Å². The number of nitrogens with zero attached hydrogens (tertiary/aromatic N) is 3. The monoisotopic (exact) mass is 250 g/mol. The van der Waals surface area contributed by atoms with Gasteiger partial charge in [-0.3, -0.25) is 9.67 Å². The van der Waals surface area contributed by atoms with Gasteiger partial charge in [-0.25, -0.2) is 4.39 Å². The Bertz CT molecular complexity index is 552. The van der Waals surface area contributed by atoms with Gasteiger partial charge in [-0.05, 0) is 24.1 Å². The molecule has 18 heavy (non-hydrogen) atoms. The van der Waals surface area contributed by atoms with Crippen molar-refractivity contribution in [3.63, 3.8) is 0 Å². The lowest BCUT2D eigenvalue weighted by Gasteiger charge is -2.07. The average molecular weight is 250 g/mol. The summed E-state index contributed by atoms with van der Waals surface area (Å²) in [4.78, 5) is 3.95. The van der Waals surface area contributed by atoms with Crippen molar-refractivity contribution in [2.45, 2.75) is 27.0 Å². The molecular weight excluding hydrogens is 233 g/mol. The molecule has 0 aliphatic carbocycles. The first-order chi connectivity index (χ1) is 8.97. The molecule has 2 aromatic heterocycles. The summed E-state index contributed by atoms with van der Waals surface area (Å²) in [5, 5.41) is 13.8. The Kier molecular flexibility index (Phi) is 3.32. The summed E-state index contributed by atoms with van der Waals surface area (Å²) < 4.78 is 21.9. The number of halogens is 1. The highest BCUT2D eigenvalue weighted by Crippen LogP contribution is 2.18. The molecule has 4 nitrogen and oxygen atoms in total. The van der Waals surface area contributed by atoms with Crippen LogP contribution in [-0.4, -0.2) is 19.9 Å². The third-order valence-electron chi connectivity index (χ3n) is 2.47. The molecule has 0 aromatic carbocycles. The van der Waals surface area contributed by atoms with Gasteiger partial charge in [0.1, 0.15) is 11.5 Å². The van der Waals surface area contributed by atoms with E-state index in [0.717, 1.165) is 6.20 Å². The van der Waals surface area contributed by atoms with Crippen LogP contribution in [0.2, 0.25) is 0 Å². The quantitative estimate of drug-likeness (QED) is 0.905. The third-order valence-corrected chi connectivity index (χ3v) is 2.47. The summed E-state index contributed by atoms with van der Waals surface area (Å²) in [6.07, 6.45) is 1.12. The summed E-state index contributed by atoms with van der Waals surface area (Å²) in [6, 6.07) is 4.44. The molecule has 1 unspecified atom stereocenters. The Labute approximate surface area is 107 Å². The molecule has 0 bridgehead atoms. The fourth-order valence-electron chi connectivity index (χ4n) is 1.68. The summed E-state index contributed by atoms with van der Waals surface area (Å²) >= 11 is 0. The molecule has 0 saturated heterocycles. The Balaban J connectivity index is 2.39. The van der Waals surface area contributed by atoms with E-state index in [1.54, 1.807) is 10.7 Å². The molecule has 0 fully saturated rings. The molecule has 0 spiro atoms. The number of pyridine rings is 1. The van der Waals surface area contributed by atoms with E-state index in [1.165, 1.54) is 12.1 Å². The minimum atomic E-state index is -1.35. The SMILES string of the molecule is [2H]C(O)c1cc(-c2ccc(F)cn2)nn1CC(C)C. The van der Waals surface area contributed by atoms with E-state index in [0.29, 0.717) is 29.5 Å². The Morgan fingerprint density at radius 1 is 1.44 bits per heavy atom. The van der Waals surface area contributed by atoms with Crippen LogP contribution in [0.25, 0.3) is 11.4 Å². The Morgan fingerprint density at radius 2 is 2.22 bits per heavy atom. The lowest BCUT2D eigenvalue weighted by molar-refractivity contribution is 0.264. The maximum absolute atomic E-state index is 12.8. The predicted molar refractivity (Wildman–Crippen MR) is 66.2 cm³/mol. The highest BCUT2D eigenvalue weighted by Gasteiger charge is 2.10. The molecule has 0 aliphatic rings. The largest absolute Gasteiger partial charge is 0.390 e. The number of rotatable bonds is 4. The van der Waals surface area contributed by atoms with Crippen molar-refractivity contribution >= 4 is 0 Å². The zero-order valence-corrected chi connectivity index (χ0v) is 10.3. The number of aliphatic hydroxyl groups excluding tert-OH is 1. The van der Waals surface area contributed by atoms with Crippen LogP contribution in [-0.2, 0) is 13.1 Å². The molecule has 2 rings (SSSR count). The van der Waals surface area contributed by atoms with Crippen LogP contribution in [0.3, 0.4) is 0 Å². The second-order valence-electron chi connectivity index (χ2n) is 4.52. The van der Waals surface area contributed by atoms with Gasteiger partial charge < -0.3 is 5.11 Å². The van der Waals surface area contributed by atoms with E-state index >= 15 is 0 Å². The van der Waals surface area contributed by atoms with Gasteiger partial charge in [0, 0.05) is 6.54 Å². The molecule has 1 N–H and O–H groups in total. The molecule has 2 heterocycles. The van der Waals surface area contributed by atoms with Gasteiger partial charge in [0.15, 0.2) is 0 Å². The molecule has 5 heteroatoms. The van der Waals surface area contributed by atoms with Gasteiger partial charge in [0.2, 0.25) is 0 Å². The first-order valence-electron chi connectivity index (χ1n) is 6.35. The zero-order valence-electron chi connectivity index (χ0n) is 11.3. The average Bonchev–Trinajstić information content (AvgIpc) is 2.73. The van der Waals surface area contributed by atoms with E-state index in [1.807, 2.05) is 13.8 Å². The molecule has 2 aromatic rings. The van der Waals surface area contributed by atoms with Gasteiger partial charge in [-0.15, -0.1) is 0 Å². The molecule has 0 aliphatic heterocycles. The van der Waals surface area contributed by atoms with Gasteiger partial charge in [0.05, 0.1) is 25.5 Å². The van der Waals surface area contributed by atoms with Crippen LogP contribution in [0.5, 0.6) is 0 Å². The molecule has 1 atom stereocenters. The maximum Gasteiger partial charge on any atom is 0.141 e. The topological polar surface area (TPSA) is 50.9 Å². The number of hydrogen-bond donors (Lipinski definition) is 1. The van der Waals surface area contributed by atoms with Gasteiger partial charge in [-0.1, -0.05) is 13.8 Å². The fourth-order valence-corrected chi connectivity index (χ4v) is 1.68. The van der Waals surface area contributed by atoms with Crippen LogP contribution in [0, 0.1) is 11.7 Å².